The second-order valence-corrected chi connectivity index (χ2v) is 6.72. The van der Waals surface area contributed by atoms with Gasteiger partial charge in [0, 0.05) is 43.8 Å². The van der Waals surface area contributed by atoms with Gasteiger partial charge in [-0.1, -0.05) is 11.6 Å². The lowest BCUT2D eigenvalue weighted by atomic mass is 10.2. The minimum absolute atomic E-state index is 0.0110. The average molecular weight is 400 g/mol. The van der Waals surface area contributed by atoms with Gasteiger partial charge in [0.15, 0.2) is 0 Å². The lowest BCUT2D eigenvalue weighted by Crippen LogP contribution is -2.49. The summed E-state index contributed by atoms with van der Waals surface area (Å²) < 4.78 is 13.1. The fraction of sp³-hybridized carbons (Fsp3) is 0.200. The molecule has 0 atom stereocenters. The summed E-state index contributed by atoms with van der Waals surface area (Å²) in [4.78, 5) is 16.4. The van der Waals surface area contributed by atoms with Crippen molar-refractivity contribution in [2.45, 2.75) is 0 Å². The topological polar surface area (TPSA) is 85.4 Å². The first-order chi connectivity index (χ1) is 13.5. The van der Waals surface area contributed by atoms with Crippen LogP contribution in [0.25, 0.3) is 0 Å². The summed E-state index contributed by atoms with van der Waals surface area (Å²) in [7, 11) is 0. The van der Waals surface area contributed by atoms with Gasteiger partial charge >= 0.3 is 0 Å². The zero-order chi connectivity index (χ0) is 20.1. The first-order valence-corrected chi connectivity index (χ1v) is 9.07. The number of carbonyl (C=O) groups is 1. The molecule has 0 bridgehead atoms. The Bertz CT molecular complexity index is 931. The van der Waals surface area contributed by atoms with Gasteiger partial charge in [-0.25, -0.2) is 4.39 Å². The maximum absolute atomic E-state index is 13.1. The number of carbonyl (C=O) groups excluding carboxylic acids is 1. The first kappa shape index (κ1) is 19.5. The first-order valence-electron chi connectivity index (χ1n) is 8.69. The van der Waals surface area contributed by atoms with Gasteiger partial charge in [0.05, 0.1) is 10.7 Å². The normalized spacial score (nSPS) is 14.5. The summed E-state index contributed by atoms with van der Waals surface area (Å²) in [5.41, 5.74) is 7.62. The summed E-state index contributed by atoms with van der Waals surface area (Å²) >= 11 is 6.09. The van der Waals surface area contributed by atoms with E-state index in [0.29, 0.717) is 42.6 Å². The van der Waals surface area contributed by atoms with Crippen LogP contribution < -0.4 is 16.0 Å². The number of anilines is 3. The minimum Gasteiger partial charge on any atom is -0.399 e. The monoisotopic (exact) mass is 399 g/mol. The quantitative estimate of drug-likeness (QED) is 0.468. The van der Waals surface area contributed by atoms with E-state index in [9.17, 15) is 14.4 Å². The molecule has 0 saturated carbocycles. The number of nitrogens with two attached hydrogens (primary N) is 1. The zero-order valence-electron chi connectivity index (χ0n) is 15.0. The van der Waals surface area contributed by atoms with E-state index < -0.39 is 0 Å². The second-order valence-electron chi connectivity index (χ2n) is 6.31. The van der Waals surface area contributed by atoms with Crippen molar-refractivity contribution < 1.29 is 9.18 Å². The van der Waals surface area contributed by atoms with Crippen LogP contribution in [-0.4, -0.2) is 37.0 Å². The number of nitrogen functional groups attached to an aromatic ring is 1. The van der Waals surface area contributed by atoms with E-state index in [4.69, 9.17) is 17.3 Å². The van der Waals surface area contributed by atoms with Gasteiger partial charge in [-0.05, 0) is 42.5 Å². The Balaban J connectivity index is 1.62. The molecule has 2 aromatic carbocycles. The Morgan fingerprint density at radius 2 is 1.86 bits per heavy atom. The van der Waals surface area contributed by atoms with E-state index >= 15 is 0 Å². The largest absolute Gasteiger partial charge is 0.399 e. The highest BCUT2D eigenvalue weighted by molar-refractivity contribution is 6.33. The maximum Gasteiger partial charge on any atom is 0.266 e. The Hall–Kier alpha value is -3.24. The van der Waals surface area contributed by atoms with E-state index in [-0.39, 0.29) is 17.3 Å². The van der Waals surface area contributed by atoms with Gasteiger partial charge in [0.1, 0.15) is 17.5 Å². The molecule has 0 unspecified atom stereocenters. The number of hydrogen-bond acceptors (Lipinski definition) is 5. The number of piperazine rings is 1. The number of nitrogens with one attached hydrogen (secondary N) is 1. The standard InChI is InChI=1S/C20H19ClFN5O/c21-18-11-16(24)3-6-19(18)25-13-14(12-23)20(28)27-9-7-26(8-10-27)17-4-1-15(22)2-5-17/h1-6,11,13,25H,7-10,24H2/b14-13-. The summed E-state index contributed by atoms with van der Waals surface area (Å²) in [5, 5.41) is 12.7. The summed E-state index contributed by atoms with van der Waals surface area (Å²) in [6.45, 7) is 2.15. The lowest BCUT2D eigenvalue weighted by Gasteiger charge is -2.36. The summed E-state index contributed by atoms with van der Waals surface area (Å²) in [5.74, 6) is -0.629. The Morgan fingerprint density at radius 1 is 1.18 bits per heavy atom. The van der Waals surface area contributed by atoms with Crippen molar-refractivity contribution in [2.75, 3.05) is 42.1 Å². The van der Waals surface area contributed by atoms with Crippen molar-refractivity contribution in [3.63, 3.8) is 0 Å². The zero-order valence-corrected chi connectivity index (χ0v) is 15.8. The lowest BCUT2D eigenvalue weighted by molar-refractivity contribution is -0.127. The third-order valence-electron chi connectivity index (χ3n) is 4.47. The maximum atomic E-state index is 13.1. The fourth-order valence-electron chi connectivity index (χ4n) is 2.93. The molecule has 1 aliphatic rings. The van der Waals surface area contributed by atoms with Gasteiger partial charge in [0.2, 0.25) is 0 Å². The van der Waals surface area contributed by atoms with Gasteiger partial charge in [-0.3, -0.25) is 4.79 Å². The molecule has 0 aliphatic carbocycles. The number of benzene rings is 2. The summed E-state index contributed by atoms with van der Waals surface area (Å²) in [6.07, 6.45) is 1.35. The molecular weight excluding hydrogens is 381 g/mol. The van der Waals surface area contributed by atoms with Crippen LogP contribution in [0, 0.1) is 17.1 Å². The molecule has 6 nitrogen and oxygen atoms in total. The number of halogens is 2. The van der Waals surface area contributed by atoms with Crippen LogP contribution in [-0.2, 0) is 4.79 Å². The van der Waals surface area contributed by atoms with Crippen molar-refractivity contribution in [1.82, 2.24) is 4.90 Å². The number of hydrogen-bond donors (Lipinski definition) is 2. The molecule has 1 amide bonds. The highest BCUT2D eigenvalue weighted by Gasteiger charge is 2.24. The SMILES string of the molecule is N#C/C(=C/Nc1ccc(N)cc1Cl)C(=O)N1CCN(c2ccc(F)cc2)CC1. The molecule has 0 spiro atoms. The molecule has 1 aliphatic heterocycles. The van der Waals surface area contributed by atoms with E-state index in [1.807, 2.05) is 6.07 Å². The highest BCUT2D eigenvalue weighted by atomic mass is 35.5. The molecule has 3 rings (SSSR count). The minimum atomic E-state index is -0.347. The van der Waals surface area contributed by atoms with Crippen molar-refractivity contribution in [3.8, 4) is 6.07 Å². The van der Waals surface area contributed by atoms with Crippen LogP contribution in [0.2, 0.25) is 5.02 Å². The smallest absolute Gasteiger partial charge is 0.266 e. The Morgan fingerprint density at radius 3 is 2.46 bits per heavy atom. The number of amides is 1. The van der Waals surface area contributed by atoms with Crippen molar-refractivity contribution in [3.05, 3.63) is 65.1 Å². The molecule has 0 radical (unpaired) electrons. The molecule has 1 saturated heterocycles. The van der Waals surface area contributed by atoms with E-state index in [0.717, 1.165) is 5.69 Å². The molecular formula is C20H19ClFN5O. The molecule has 28 heavy (non-hydrogen) atoms. The van der Waals surface area contributed by atoms with Gasteiger partial charge in [0.25, 0.3) is 5.91 Å². The van der Waals surface area contributed by atoms with E-state index in [1.54, 1.807) is 35.2 Å². The van der Waals surface area contributed by atoms with Gasteiger partial charge in [-0.2, -0.15) is 5.26 Å². The third kappa shape index (κ3) is 4.53. The number of rotatable bonds is 4. The molecule has 3 N–H and O–H groups in total. The van der Waals surface area contributed by atoms with E-state index in [1.165, 1.54) is 18.3 Å². The Labute approximate surface area is 167 Å². The Kier molecular flexibility index (Phi) is 6.02. The number of nitriles is 1. The van der Waals surface area contributed by atoms with Gasteiger partial charge in [-0.15, -0.1) is 0 Å². The van der Waals surface area contributed by atoms with Crippen LogP contribution in [0.5, 0.6) is 0 Å². The fourth-order valence-corrected chi connectivity index (χ4v) is 3.17. The molecule has 1 heterocycles. The number of nitrogens with zero attached hydrogens (tertiary/aromatic N) is 3. The van der Waals surface area contributed by atoms with E-state index in [2.05, 4.69) is 10.2 Å². The highest BCUT2D eigenvalue weighted by Crippen LogP contribution is 2.24. The van der Waals surface area contributed by atoms with Crippen molar-refractivity contribution >= 4 is 34.6 Å². The van der Waals surface area contributed by atoms with Crippen LogP contribution >= 0.6 is 11.6 Å². The van der Waals surface area contributed by atoms with Crippen molar-refractivity contribution in [2.24, 2.45) is 0 Å². The second kappa shape index (κ2) is 8.63. The predicted octanol–water partition coefficient (Wildman–Crippen LogP) is 3.23. The van der Waals surface area contributed by atoms with Crippen LogP contribution in [0.15, 0.2) is 54.2 Å². The summed E-state index contributed by atoms with van der Waals surface area (Å²) in [6, 6.07) is 13.1. The molecule has 144 valence electrons. The predicted molar refractivity (Wildman–Crippen MR) is 108 cm³/mol. The van der Waals surface area contributed by atoms with Gasteiger partial charge < -0.3 is 20.9 Å². The molecule has 2 aromatic rings. The van der Waals surface area contributed by atoms with Crippen LogP contribution in [0.4, 0.5) is 21.5 Å². The van der Waals surface area contributed by atoms with Crippen molar-refractivity contribution in [1.29, 1.82) is 5.26 Å². The average Bonchev–Trinajstić information content (AvgIpc) is 2.70. The van der Waals surface area contributed by atoms with Crippen LogP contribution in [0.3, 0.4) is 0 Å². The third-order valence-corrected chi connectivity index (χ3v) is 4.79. The molecule has 0 aromatic heterocycles. The van der Waals surface area contributed by atoms with Crippen LogP contribution in [0.1, 0.15) is 0 Å². The molecule has 8 heteroatoms. The molecule has 1 fully saturated rings.